The Balaban J connectivity index is 2.64. The fourth-order valence-electron chi connectivity index (χ4n) is 1.36. The number of aromatic nitrogens is 3. The molecule has 0 spiro atoms. The zero-order valence-electron chi connectivity index (χ0n) is 6.64. The molecular weight excluding hydrogens is 166 g/mol. The third-order valence-electron chi connectivity index (χ3n) is 1.93. The number of pyridine rings is 1. The van der Waals surface area contributed by atoms with Gasteiger partial charge < -0.3 is 4.42 Å². The van der Waals surface area contributed by atoms with Gasteiger partial charge in [-0.3, -0.25) is 4.98 Å². The second kappa shape index (κ2) is 2.26. The first-order chi connectivity index (χ1) is 6.45. The van der Waals surface area contributed by atoms with Gasteiger partial charge in [0.1, 0.15) is 17.4 Å². The van der Waals surface area contributed by atoms with Crippen LogP contribution < -0.4 is 0 Å². The van der Waals surface area contributed by atoms with Crippen LogP contribution in [0.5, 0.6) is 0 Å². The number of hydrogen-bond acceptors (Lipinski definition) is 4. The summed E-state index contributed by atoms with van der Waals surface area (Å²) in [6, 6.07) is 1.82. The molecule has 0 N–H and O–H groups in total. The number of rotatable bonds is 0. The summed E-state index contributed by atoms with van der Waals surface area (Å²) in [5, 5.41) is 0.930. The lowest BCUT2D eigenvalue weighted by molar-refractivity contribution is 0.665. The fourth-order valence-corrected chi connectivity index (χ4v) is 1.36. The molecule has 0 amide bonds. The van der Waals surface area contributed by atoms with Crippen molar-refractivity contribution in [2.75, 3.05) is 0 Å². The molecule has 13 heavy (non-hydrogen) atoms. The summed E-state index contributed by atoms with van der Waals surface area (Å²) in [6.07, 6.45) is 6.60. The molecule has 3 heterocycles. The van der Waals surface area contributed by atoms with Gasteiger partial charge in [0, 0.05) is 12.4 Å². The van der Waals surface area contributed by atoms with Crippen molar-refractivity contribution in [1.29, 1.82) is 0 Å². The summed E-state index contributed by atoms with van der Waals surface area (Å²) < 4.78 is 5.49. The topological polar surface area (TPSA) is 51.8 Å². The minimum absolute atomic E-state index is 0.700. The van der Waals surface area contributed by atoms with Crippen LogP contribution in [0.15, 0.2) is 35.4 Å². The first-order valence-corrected chi connectivity index (χ1v) is 3.87. The minimum atomic E-state index is 0.700. The lowest BCUT2D eigenvalue weighted by atomic mass is 10.3. The van der Waals surface area contributed by atoms with E-state index >= 15 is 0 Å². The first kappa shape index (κ1) is 6.54. The first-order valence-electron chi connectivity index (χ1n) is 3.87. The Morgan fingerprint density at radius 3 is 3.08 bits per heavy atom. The Kier molecular flexibility index (Phi) is 1.14. The lowest BCUT2D eigenvalue weighted by Crippen LogP contribution is -1.75. The normalized spacial score (nSPS) is 11.1. The molecule has 62 valence electrons. The molecule has 0 aliphatic rings. The molecule has 3 aromatic rings. The highest BCUT2D eigenvalue weighted by Gasteiger charge is 2.06. The van der Waals surface area contributed by atoms with Gasteiger partial charge in [0.2, 0.25) is 0 Å². The second-order valence-electron chi connectivity index (χ2n) is 2.71. The smallest absolute Gasteiger partial charge is 0.172 e. The van der Waals surface area contributed by atoms with E-state index in [1.807, 2.05) is 6.07 Å². The lowest BCUT2D eigenvalue weighted by Gasteiger charge is -1.83. The molecule has 0 aliphatic carbocycles. The van der Waals surface area contributed by atoms with Crippen LogP contribution in [-0.2, 0) is 0 Å². The Labute approximate surface area is 73.2 Å². The average molecular weight is 171 g/mol. The molecule has 0 fully saturated rings. The zero-order valence-corrected chi connectivity index (χ0v) is 6.64. The summed E-state index contributed by atoms with van der Waals surface area (Å²) in [4.78, 5) is 12.0. The van der Waals surface area contributed by atoms with Crippen molar-refractivity contribution in [3.05, 3.63) is 31.0 Å². The molecule has 0 bridgehead atoms. The highest BCUT2D eigenvalue weighted by atomic mass is 16.3. The molecule has 0 aromatic carbocycles. The van der Waals surface area contributed by atoms with E-state index in [9.17, 15) is 0 Å². The van der Waals surface area contributed by atoms with E-state index in [4.69, 9.17) is 4.42 Å². The molecule has 0 saturated heterocycles. The predicted molar refractivity (Wildman–Crippen MR) is 47.1 cm³/mol. The van der Waals surface area contributed by atoms with Gasteiger partial charge in [0.15, 0.2) is 5.58 Å². The van der Waals surface area contributed by atoms with Gasteiger partial charge >= 0.3 is 0 Å². The third kappa shape index (κ3) is 0.823. The monoisotopic (exact) mass is 171 g/mol. The summed E-state index contributed by atoms with van der Waals surface area (Å²) in [6.45, 7) is 0. The second-order valence-corrected chi connectivity index (χ2v) is 2.71. The van der Waals surface area contributed by atoms with E-state index in [0.717, 1.165) is 16.5 Å². The van der Waals surface area contributed by atoms with Gasteiger partial charge in [-0.05, 0) is 6.07 Å². The standard InChI is InChI=1S/C9H5N3O/c1-2-10-3-6-7(1)13-8-4-11-5-12-9(6)8/h1-5H. The predicted octanol–water partition coefficient (Wildman–Crippen LogP) is 1.77. The fraction of sp³-hybridized carbons (Fsp3) is 0. The van der Waals surface area contributed by atoms with Crippen LogP contribution >= 0.6 is 0 Å². The average Bonchev–Trinajstić information content (AvgIpc) is 2.56. The Hall–Kier alpha value is -1.97. The number of hydrogen-bond donors (Lipinski definition) is 0. The molecule has 0 unspecified atom stereocenters. The SMILES string of the molecule is c1cc2oc3cncnc3c2cn1. The Morgan fingerprint density at radius 2 is 2.08 bits per heavy atom. The Morgan fingerprint density at radius 1 is 1.08 bits per heavy atom. The summed E-state index contributed by atoms with van der Waals surface area (Å²) in [7, 11) is 0. The molecular formula is C9H5N3O. The maximum absolute atomic E-state index is 5.49. The van der Waals surface area contributed by atoms with E-state index in [2.05, 4.69) is 15.0 Å². The highest BCUT2D eigenvalue weighted by Crippen LogP contribution is 2.24. The molecule has 4 nitrogen and oxygen atoms in total. The Bertz CT molecular complexity index is 523. The third-order valence-corrected chi connectivity index (χ3v) is 1.93. The van der Waals surface area contributed by atoms with Gasteiger partial charge in [-0.2, -0.15) is 0 Å². The van der Waals surface area contributed by atoms with Crippen LogP contribution in [0.25, 0.3) is 22.1 Å². The maximum Gasteiger partial charge on any atom is 0.172 e. The molecule has 0 radical (unpaired) electrons. The van der Waals surface area contributed by atoms with Gasteiger partial charge in [0.25, 0.3) is 0 Å². The molecule has 3 aromatic heterocycles. The van der Waals surface area contributed by atoms with Crippen molar-refractivity contribution < 1.29 is 4.42 Å². The van der Waals surface area contributed by atoms with E-state index < -0.39 is 0 Å². The molecule has 0 atom stereocenters. The van der Waals surface area contributed by atoms with Crippen LogP contribution in [0.3, 0.4) is 0 Å². The van der Waals surface area contributed by atoms with Crippen LogP contribution in [-0.4, -0.2) is 15.0 Å². The van der Waals surface area contributed by atoms with Crippen molar-refractivity contribution >= 4 is 22.1 Å². The summed E-state index contributed by atoms with van der Waals surface area (Å²) in [5.74, 6) is 0. The molecule has 0 aliphatic heterocycles. The molecule has 3 rings (SSSR count). The largest absolute Gasteiger partial charge is 0.453 e. The van der Waals surface area contributed by atoms with E-state index in [-0.39, 0.29) is 0 Å². The van der Waals surface area contributed by atoms with E-state index in [1.165, 1.54) is 6.33 Å². The van der Waals surface area contributed by atoms with Gasteiger partial charge in [0.05, 0.1) is 11.6 Å². The number of nitrogens with zero attached hydrogens (tertiary/aromatic N) is 3. The molecule has 0 saturated carbocycles. The molecule has 4 heteroatoms. The van der Waals surface area contributed by atoms with Crippen molar-refractivity contribution in [2.45, 2.75) is 0 Å². The zero-order chi connectivity index (χ0) is 8.67. The van der Waals surface area contributed by atoms with Crippen molar-refractivity contribution in [2.24, 2.45) is 0 Å². The van der Waals surface area contributed by atoms with Crippen molar-refractivity contribution in [3.8, 4) is 0 Å². The van der Waals surface area contributed by atoms with Crippen molar-refractivity contribution in [1.82, 2.24) is 15.0 Å². The maximum atomic E-state index is 5.49. The number of fused-ring (bicyclic) bond motifs is 3. The van der Waals surface area contributed by atoms with Crippen LogP contribution in [0.2, 0.25) is 0 Å². The minimum Gasteiger partial charge on any atom is -0.453 e. The van der Waals surface area contributed by atoms with Crippen molar-refractivity contribution in [3.63, 3.8) is 0 Å². The van der Waals surface area contributed by atoms with E-state index in [0.29, 0.717) is 5.58 Å². The van der Waals surface area contributed by atoms with Gasteiger partial charge in [-0.15, -0.1) is 0 Å². The summed E-state index contributed by atoms with van der Waals surface area (Å²) >= 11 is 0. The van der Waals surface area contributed by atoms with Gasteiger partial charge in [-0.25, -0.2) is 9.97 Å². The van der Waals surface area contributed by atoms with Crippen LogP contribution in [0, 0.1) is 0 Å². The summed E-state index contributed by atoms with van der Waals surface area (Å²) in [5.41, 5.74) is 2.31. The van der Waals surface area contributed by atoms with E-state index in [1.54, 1.807) is 18.6 Å². The quantitative estimate of drug-likeness (QED) is 0.517. The number of furan rings is 1. The van der Waals surface area contributed by atoms with Gasteiger partial charge in [-0.1, -0.05) is 0 Å². The van der Waals surface area contributed by atoms with Crippen LogP contribution in [0.1, 0.15) is 0 Å². The highest BCUT2D eigenvalue weighted by molar-refractivity contribution is 6.01. The van der Waals surface area contributed by atoms with Crippen LogP contribution in [0.4, 0.5) is 0 Å².